The number of ether oxygens (including phenoxy) is 1. The maximum atomic E-state index is 14.0. The Hall–Kier alpha value is -3.27. The Labute approximate surface area is 239 Å². The number of amides is 2. The van der Waals surface area contributed by atoms with Gasteiger partial charge in [-0.1, -0.05) is 59.1 Å². The number of hydrogen-bond acceptors (Lipinski definition) is 5. The fourth-order valence-corrected chi connectivity index (χ4v) is 5.81. The van der Waals surface area contributed by atoms with Crippen molar-refractivity contribution in [3.63, 3.8) is 0 Å². The summed E-state index contributed by atoms with van der Waals surface area (Å²) in [7, 11) is -2.76. The molecule has 0 fully saturated rings. The second kappa shape index (κ2) is 13.2. The standard InChI is InChI=1S/C28H31Cl2N3O5S/c1-5-38-26-9-7-6-8-25(26)33(39(36,37)23-14-10-19(2)11-15-23)18-27(34)32(20(3)28(35)31-4)17-21-12-13-22(29)16-24(21)30/h6-16,20H,5,17-18H2,1-4H3,(H,31,35)/t20-/m0/s1. The van der Waals surface area contributed by atoms with Crippen molar-refractivity contribution in [1.82, 2.24) is 10.2 Å². The van der Waals surface area contributed by atoms with Crippen LogP contribution in [0.3, 0.4) is 0 Å². The molecule has 0 spiro atoms. The van der Waals surface area contributed by atoms with Gasteiger partial charge in [0.1, 0.15) is 18.3 Å². The molecule has 39 heavy (non-hydrogen) atoms. The largest absolute Gasteiger partial charge is 0.492 e. The molecule has 8 nitrogen and oxygen atoms in total. The van der Waals surface area contributed by atoms with Gasteiger partial charge in [-0.25, -0.2) is 8.42 Å². The van der Waals surface area contributed by atoms with Crippen molar-refractivity contribution in [3.8, 4) is 5.75 Å². The van der Waals surface area contributed by atoms with Crippen molar-refractivity contribution in [2.24, 2.45) is 0 Å². The van der Waals surface area contributed by atoms with E-state index in [0.29, 0.717) is 21.4 Å². The van der Waals surface area contributed by atoms with Gasteiger partial charge in [-0.2, -0.15) is 0 Å². The van der Waals surface area contributed by atoms with Crippen molar-refractivity contribution < 1.29 is 22.7 Å². The Balaban J connectivity index is 2.10. The van der Waals surface area contributed by atoms with Gasteiger partial charge in [-0.3, -0.25) is 13.9 Å². The van der Waals surface area contributed by atoms with Crippen LogP contribution in [-0.2, 0) is 26.2 Å². The van der Waals surface area contributed by atoms with E-state index < -0.39 is 34.4 Å². The quantitative estimate of drug-likeness (QED) is 0.336. The molecule has 1 atom stereocenters. The molecule has 208 valence electrons. The first-order valence-corrected chi connectivity index (χ1v) is 14.4. The van der Waals surface area contributed by atoms with Crippen LogP contribution in [0.15, 0.2) is 71.6 Å². The summed E-state index contributed by atoms with van der Waals surface area (Å²) >= 11 is 12.4. The number of likely N-dealkylation sites (N-methyl/N-ethyl adjacent to an activating group) is 1. The molecule has 0 aliphatic rings. The van der Waals surface area contributed by atoms with Gasteiger partial charge in [-0.05, 0) is 62.7 Å². The number of sulfonamides is 1. The van der Waals surface area contributed by atoms with E-state index in [2.05, 4.69) is 5.32 Å². The van der Waals surface area contributed by atoms with Gasteiger partial charge in [0, 0.05) is 23.6 Å². The Morgan fingerprint density at radius 1 is 1.03 bits per heavy atom. The Morgan fingerprint density at radius 2 is 1.69 bits per heavy atom. The molecule has 2 amide bonds. The number of anilines is 1. The minimum atomic E-state index is -4.22. The van der Waals surface area contributed by atoms with E-state index in [4.69, 9.17) is 27.9 Å². The first-order valence-electron chi connectivity index (χ1n) is 12.3. The number of nitrogens with one attached hydrogen (secondary N) is 1. The lowest BCUT2D eigenvalue weighted by atomic mass is 10.1. The number of rotatable bonds is 11. The zero-order chi connectivity index (χ0) is 28.7. The van der Waals surface area contributed by atoms with Gasteiger partial charge in [0.25, 0.3) is 10.0 Å². The lowest BCUT2D eigenvalue weighted by molar-refractivity contribution is -0.139. The number of carbonyl (C=O) groups excluding carboxylic acids is 2. The molecule has 1 N–H and O–H groups in total. The molecular formula is C28H31Cl2N3O5S. The molecule has 0 unspecified atom stereocenters. The zero-order valence-corrected chi connectivity index (χ0v) is 24.5. The fraction of sp³-hybridized carbons (Fsp3) is 0.286. The summed E-state index contributed by atoms with van der Waals surface area (Å²) in [6, 6.07) is 16.8. The normalized spacial score (nSPS) is 11.9. The maximum Gasteiger partial charge on any atom is 0.264 e. The molecule has 0 radical (unpaired) electrons. The number of hydrogen-bond donors (Lipinski definition) is 1. The second-order valence-corrected chi connectivity index (χ2v) is 11.5. The highest BCUT2D eigenvalue weighted by Crippen LogP contribution is 2.33. The van der Waals surface area contributed by atoms with E-state index in [9.17, 15) is 18.0 Å². The highest BCUT2D eigenvalue weighted by molar-refractivity contribution is 7.92. The second-order valence-electron chi connectivity index (χ2n) is 8.77. The summed E-state index contributed by atoms with van der Waals surface area (Å²) in [5, 5.41) is 3.28. The summed E-state index contributed by atoms with van der Waals surface area (Å²) in [6.07, 6.45) is 0. The molecular weight excluding hydrogens is 561 g/mol. The predicted molar refractivity (Wildman–Crippen MR) is 154 cm³/mol. The Bertz CT molecular complexity index is 1430. The molecule has 0 aliphatic heterocycles. The molecule has 0 heterocycles. The first kappa shape index (κ1) is 30.3. The number of aryl methyl sites for hydroxylation is 1. The third kappa shape index (κ3) is 7.23. The molecule has 3 aromatic rings. The average molecular weight is 593 g/mol. The van der Waals surface area contributed by atoms with E-state index in [1.54, 1.807) is 62.4 Å². The summed E-state index contributed by atoms with van der Waals surface area (Å²) in [6.45, 7) is 4.85. The van der Waals surface area contributed by atoms with E-state index in [0.717, 1.165) is 9.87 Å². The molecule has 11 heteroatoms. The summed E-state index contributed by atoms with van der Waals surface area (Å²) in [5.74, 6) is -0.731. The smallest absolute Gasteiger partial charge is 0.264 e. The third-order valence-electron chi connectivity index (χ3n) is 6.09. The third-order valence-corrected chi connectivity index (χ3v) is 8.45. The Morgan fingerprint density at radius 3 is 2.31 bits per heavy atom. The van der Waals surface area contributed by atoms with Crippen LogP contribution in [0.5, 0.6) is 5.75 Å². The average Bonchev–Trinajstić information content (AvgIpc) is 2.91. The summed E-state index contributed by atoms with van der Waals surface area (Å²) < 4.78 is 34.6. The van der Waals surface area contributed by atoms with Crippen molar-refractivity contribution in [3.05, 3.63) is 87.9 Å². The number of carbonyl (C=O) groups is 2. The van der Waals surface area contributed by atoms with E-state index in [1.807, 2.05) is 6.92 Å². The number of halogens is 2. The lowest BCUT2D eigenvalue weighted by Gasteiger charge is -2.32. The molecule has 0 saturated heterocycles. The van der Waals surface area contributed by atoms with Gasteiger partial charge in [0.15, 0.2) is 0 Å². The van der Waals surface area contributed by atoms with Gasteiger partial charge >= 0.3 is 0 Å². The summed E-state index contributed by atoms with van der Waals surface area (Å²) in [5.41, 5.74) is 1.63. The summed E-state index contributed by atoms with van der Waals surface area (Å²) in [4.78, 5) is 27.8. The Kier molecular flexibility index (Phi) is 10.2. The molecule has 0 saturated carbocycles. The monoisotopic (exact) mass is 591 g/mol. The fourth-order valence-electron chi connectivity index (χ4n) is 3.92. The zero-order valence-electron chi connectivity index (χ0n) is 22.1. The van der Waals surface area contributed by atoms with Crippen LogP contribution in [0.4, 0.5) is 5.69 Å². The number of benzene rings is 3. The van der Waals surface area contributed by atoms with Crippen LogP contribution in [0.2, 0.25) is 10.0 Å². The maximum absolute atomic E-state index is 14.0. The molecule has 0 aliphatic carbocycles. The van der Waals surface area contributed by atoms with Crippen molar-refractivity contribution in [2.75, 3.05) is 24.5 Å². The van der Waals surface area contributed by atoms with Crippen molar-refractivity contribution >= 4 is 50.7 Å². The van der Waals surface area contributed by atoms with E-state index in [-0.39, 0.29) is 23.7 Å². The van der Waals surface area contributed by atoms with Gasteiger partial charge in [-0.15, -0.1) is 0 Å². The highest BCUT2D eigenvalue weighted by atomic mass is 35.5. The van der Waals surface area contributed by atoms with Crippen LogP contribution in [0.25, 0.3) is 0 Å². The number of nitrogens with zero attached hydrogens (tertiary/aromatic N) is 2. The lowest BCUT2D eigenvalue weighted by Crippen LogP contribution is -2.50. The molecule has 3 rings (SSSR count). The van der Waals surface area contributed by atoms with Crippen LogP contribution in [-0.4, -0.2) is 51.4 Å². The predicted octanol–water partition coefficient (Wildman–Crippen LogP) is 5.06. The topological polar surface area (TPSA) is 96.0 Å². The van der Waals surface area contributed by atoms with Crippen molar-refractivity contribution in [1.29, 1.82) is 0 Å². The van der Waals surface area contributed by atoms with Gasteiger partial charge < -0.3 is 15.0 Å². The highest BCUT2D eigenvalue weighted by Gasteiger charge is 2.33. The SMILES string of the molecule is CCOc1ccccc1N(CC(=O)N(Cc1ccc(Cl)cc1Cl)[C@@H](C)C(=O)NC)S(=O)(=O)c1ccc(C)cc1. The van der Waals surface area contributed by atoms with Crippen LogP contribution < -0.4 is 14.4 Å². The first-order chi connectivity index (χ1) is 18.5. The van der Waals surface area contributed by atoms with Crippen LogP contribution >= 0.6 is 23.2 Å². The minimum absolute atomic E-state index is 0.0128. The van der Waals surface area contributed by atoms with Crippen molar-refractivity contribution in [2.45, 2.75) is 38.3 Å². The van der Waals surface area contributed by atoms with Crippen LogP contribution in [0.1, 0.15) is 25.0 Å². The van der Waals surface area contributed by atoms with Gasteiger partial charge in [0.2, 0.25) is 11.8 Å². The molecule has 0 bridgehead atoms. The number of para-hydroxylation sites is 2. The molecule has 3 aromatic carbocycles. The van der Waals surface area contributed by atoms with Gasteiger partial charge in [0.05, 0.1) is 17.2 Å². The van der Waals surface area contributed by atoms with E-state index in [1.165, 1.54) is 30.1 Å². The molecule has 0 aromatic heterocycles. The minimum Gasteiger partial charge on any atom is -0.492 e. The van der Waals surface area contributed by atoms with Crippen LogP contribution in [0, 0.1) is 6.92 Å². The van der Waals surface area contributed by atoms with E-state index >= 15 is 0 Å².